The molecule has 10 aromatic rings. The first-order chi connectivity index (χ1) is 25.8. The number of hydrogen-bond donors (Lipinski definition) is 0. The first-order valence-corrected chi connectivity index (χ1v) is 18.3. The summed E-state index contributed by atoms with van der Waals surface area (Å²) in [5, 5.41) is 5.19. The van der Waals surface area contributed by atoms with Crippen LogP contribution in [0.15, 0.2) is 170 Å². The lowest BCUT2D eigenvalue weighted by molar-refractivity contribution is 1.16. The van der Waals surface area contributed by atoms with Crippen molar-refractivity contribution in [2.45, 2.75) is 12.8 Å². The van der Waals surface area contributed by atoms with E-state index in [1.165, 1.54) is 111 Å². The molecule has 0 bridgehead atoms. The maximum absolute atomic E-state index is 2.42. The highest BCUT2D eigenvalue weighted by Crippen LogP contribution is 2.44. The molecule has 0 aliphatic heterocycles. The zero-order valence-corrected chi connectivity index (χ0v) is 28.5. The Morgan fingerprint density at radius 1 is 0.288 bits per heavy atom. The van der Waals surface area contributed by atoms with Crippen LogP contribution in [-0.4, -0.2) is 9.13 Å². The SMILES string of the molecule is c1ccc2c(c1)c1ccccc1n2-c1ccc2c(c1)Cc1ccc(-c3ccc4c(c3)-c3ccc(-n5c6ccccc6c6ccccc65)cc3C4)cc1-2. The summed E-state index contributed by atoms with van der Waals surface area (Å²) < 4.78 is 4.85. The highest BCUT2D eigenvalue weighted by atomic mass is 15.0. The third-order valence-electron chi connectivity index (χ3n) is 11.7. The second-order valence-corrected chi connectivity index (χ2v) is 14.5. The third kappa shape index (κ3) is 3.89. The van der Waals surface area contributed by atoms with Crippen molar-refractivity contribution in [2.24, 2.45) is 0 Å². The van der Waals surface area contributed by atoms with Crippen molar-refractivity contribution in [1.29, 1.82) is 0 Å². The van der Waals surface area contributed by atoms with Crippen molar-refractivity contribution in [1.82, 2.24) is 9.13 Å². The Balaban J connectivity index is 0.908. The average Bonchev–Trinajstić information content (AvgIpc) is 3.94. The normalized spacial score (nSPS) is 12.8. The minimum absolute atomic E-state index is 0.960. The molecule has 0 fully saturated rings. The lowest BCUT2D eigenvalue weighted by Gasteiger charge is -2.11. The van der Waals surface area contributed by atoms with Crippen molar-refractivity contribution in [3.63, 3.8) is 0 Å². The number of aromatic nitrogens is 2. The Morgan fingerprint density at radius 2 is 0.654 bits per heavy atom. The molecule has 52 heavy (non-hydrogen) atoms. The van der Waals surface area contributed by atoms with E-state index in [0.717, 1.165) is 12.8 Å². The van der Waals surface area contributed by atoms with Crippen molar-refractivity contribution in [3.05, 3.63) is 192 Å². The van der Waals surface area contributed by atoms with E-state index in [1.54, 1.807) is 0 Å². The maximum atomic E-state index is 2.42. The Hall–Kier alpha value is -6.64. The Labute approximate surface area is 301 Å². The fourth-order valence-corrected chi connectivity index (χ4v) is 9.39. The van der Waals surface area contributed by atoms with Crippen LogP contribution in [0, 0.1) is 0 Å². The monoisotopic (exact) mass is 660 g/mol. The summed E-state index contributed by atoms with van der Waals surface area (Å²) in [6.45, 7) is 0. The lowest BCUT2D eigenvalue weighted by Crippen LogP contribution is -1.95. The van der Waals surface area contributed by atoms with Gasteiger partial charge in [-0.1, -0.05) is 109 Å². The van der Waals surface area contributed by atoms with Gasteiger partial charge >= 0.3 is 0 Å². The van der Waals surface area contributed by atoms with Gasteiger partial charge in [-0.2, -0.15) is 0 Å². The molecule has 242 valence electrons. The van der Waals surface area contributed by atoms with Crippen LogP contribution < -0.4 is 0 Å². The van der Waals surface area contributed by atoms with Gasteiger partial charge in [-0.05, 0) is 129 Å². The van der Waals surface area contributed by atoms with E-state index in [2.05, 4.69) is 179 Å². The second-order valence-electron chi connectivity index (χ2n) is 14.5. The maximum Gasteiger partial charge on any atom is 0.0541 e. The fourth-order valence-electron chi connectivity index (χ4n) is 9.39. The molecule has 0 radical (unpaired) electrons. The molecule has 0 amide bonds. The van der Waals surface area contributed by atoms with E-state index in [4.69, 9.17) is 0 Å². The molecular formula is C50H32N2. The van der Waals surface area contributed by atoms with Gasteiger partial charge in [0.15, 0.2) is 0 Å². The molecular weight excluding hydrogens is 629 g/mol. The van der Waals surface area contributed by atoms with Gasteiger partial charge in [-0.15, -0.1) is 0 Å². The summed E-state index contributed by atoms with van der Waals surface area (Å²) in [7, 11) is 0. The van der Waals surface area contributed by atoms with Crippen LogP contribution in [0.4, 0.5) is 0 Å². The molecule has 0 spiro atoms. The van der Waals surface area contributed by atoms with Gasteiger partial charge in [0, 0.05) is 32.9 Å². The number of fused-ring (bicyclic) bond motifs is 12. The van der Waals surface area contributed by atoms with Crippen LogP contribution in [0.2, 0.25) is 0 Å². The molecule has 2 aromatic heterocycles. The average molecular weight is 661 g/mol. The topological polar surface area (TPSA) is 9.86 Å². The Morgan fingerprint density at radius 3 is 1.04 bits per heavy atom. The van der Waals surface area contributed by atoms with E-state index in [0.29, 0.717) is 0 Å². The van der Waals surface area contributed by atoms with Crippen LogP contribution in [0.5, 0.6) is 0 Å². The number of nitrogens with zero attached hydrogens (tertiary/aromatic N) is 2. The highest BCUT2D eigenvalue weighted by molar-refractivity contribution is 6.10. The Kier molecular flexibility index (Phi) is 5.64. The van der Waals surface area contributed by atoms with Gasteiger partial charge in [-0.3, -0.25) is 0 Å². The van der Waals surface area contributed by atoms with Gasteiger partial charge < -0.3 is 9.13 Å². The molecule has 8 aromatic carbocycles. The fraction of sp³-hybridized carbons (Fsp3) is 0.0400. The van der Waals surface area contributed by atoms with Crippen LogP contribution in [-0.2, 0) is 12.8 Å². The molecule has 0 saturated carbocycles. The van der Waals surface area contributed by atoms with Crippen LogP contribution in [0.25, 0.3) is 88.4 Å². The largest absolute Gasteiger partial charge is 0.309 e. The third-order valence-corrected chi connectivity index (χ3v) is 11.7. The molecule has 12 rings (SSSR count). The first kappa shape index (κ1) is 28.1. The van der Waals surface area contributed by atoms with Gasteiger partial charge in [0.05, 0.1) is 22.1 Å². The van der Waals surface area contributed by atoms with E-state index in [9.17, 15) is 0 Å². The standard InChI is InChI=1S/C50H32N2/c1-5-13-47-41(9-1)42-10-2-6-14-48(42)51(47)37-21-23-39-35(27-37)25-33-19-17-31(29-45(33)39)32-18-20-34-26-36-28-38(22-24-40(36)46(34)30-32)52-49-15-7-3-11-43(49)44-12-4-8-16-50(44)52/h1-24,27-30H,25-26H2. The zero-order chi connectivity index (χ0) is 33.9. The van der Waals surface area contributed by atoms with Gasteiger partial charge in [0.1, 0.15) is 0 Å². The molecule has 2 heterocycles. The minimum Gasteiger partial charge on any atom is -0.309 e. The van der Waals surface area contributed by atoms with Crippen LogP contribution >= 0.6 is 0 Å². The van der Waals surface area contributed by atoms with E-state index < -0.39 is 0 Å². The van der Waals surface area contributed by atoms with Crippen molar-refractivity contribution in [3.8, 4) is 44.8 Å². The molecule has 0 atom stereocenters. The summed E-state index contributed by atoms with van der Waals surface area (Å²) >= 11 is 0. The molecule has 2 aliphatic carbocycles. The van der Waals surface area contributed by atoms with Gasteiger partial charge in [0.25, 0.3) is 0 Å². The van der Waals surface area contributed by atoms with Gasteiger partial charge in [0.2, 0.25) is 0 Å². The van der Waals surface area contributed by atoms with Crippen LogP contribution in [0.3, 0.4) is 0 Å². The predicted molar refractivity (Wildman–Crippen MR) is 217 cm³/mol. The Bertz CT molecular complexity index is 2810. The zero-order valence-electron chi connectivity index (χ0n) is 28.5. The first-order valence-electron chi connectivity index (χ1n) is 18.3. The number of hydrogen-bond acceptors (Lipinski definition) is 0. The van der Waals surface area contributed by atoms with E-state index in [-0.39, 0.29) is 0 Å². The number of benzene rings is 8. The number of para-hydroxylation sites is 4. The van der Waals surface area contributed by atoms with E-state index >= 15 is 0 Å². The second kappa shape index (κ2) is 10.4. The predicted octanol–water partition coefficient (Wildman–Crippen LogP) is 12.7. The molecule has 0 unspecified atom stereocenters. The molecule has 2 nitrogen and oxygen atoms in total. The smallest absolute Gasteiger partial charge is 0.0541 e. The van der Waals surface area contributed by atoms with Crippen LogP contribution in [0.1, 0.15) is 22.3 Å². The molecule has 2 heteroatoms. The highest BCUT2D eigenvalue weighted by Gasteiger charge is 2.24. The summed E-state index contributed by atoms with van der Waals surface area (Å²) in [4.78, 5) is 0. The van der Waals surface area contributed by atoms with Crippen molar-refractivity contribution >= 4 is 43.6 Å². The summed E-state index contributed by atoms with van der Waals surface area (Å²) in [5.41, 5.74) is 21.0. The van der Waals surface area contributed by atoms with E-state index in [1.807, 2.05) is 0 Å². The molecule has 2 aliphatic rings. The summed E-state index contributed by atoms with van der Waals surface area (Å²) in [5.74, 6) is 0. The number of rotatable bonds is 3. The summed E-state index contributed by atoms with van der Waals surface area (Å²) in [6.07, 6.45) is 1.92. The van der Waals surface area contributed by atoms with Crippen molar-refractivity contribution in [2.75, 3.05) is 0 Å². The lowest BCUT2D eigenvalue weighted by atomic mass is 9.95. The quantitative estimate of drug-likeness (QED) is 0.178. The minimum atomic E-state index is 0.960. The molecule has 0 saturated heterocycles. The summed E-state index contributed by atoms with van der Waals surface area (Å²) in [6, 6.07) is 63.3. The van der Waals surface area contributed by atoms with Gasteiger partial charge in [-0.25, -0.2) is 0 Å². The van der Waals surface area contributed by atoms with Crippen molar-refractivity contribution < 1.29 is 0 Å². The molecule has 0 N–H and O–H groups in total.